The van der Waals surface area contributed by atoms with Gasteiger partial charge in [0.2, 0.25) is 0 Å². The lowest BCUT2D eigenvalue weighted by atomic mass is 9.67. The third-order valence-electron chi connectivity index (χ3n) is 9.32. The van der Waals surface area contributed by atoms with E-state index in [1.807, 2.05) is 25.1 Å². The van der Waals surface area contributed by atoms with Gasteiger partial charge in [0.05, 0.1) is 38.3 Å². The second-order valence-electron chi connectivity index (χ2n) is 12.3. The van der Waals surface area contributed by atoms with Crippen LogP contribution in [0.1, 0.15) is 97.5 Å². The van der Waals surface area contributed by atoms with Gasteiger partial charge in [-0.25, -0.2) is 0 Å². The van der Waals surface area contributed by atoms with E-state index in [9.17, 15) is 24.0 Å². The molecule has 2 aliphatic carbocycles. The Balaban J connectivity index is 0.000000355. The summed E-state index contributed by atoms with van der Waals surface area (Å²) in [6, 6.07) is 5.73. The van der Waals surface area contributed by atoms with Gasteiger partial charge in [0.25, 0.3) is 0 Å². The van der Waals surface area contributed by atoms with Crippen molar-refractivity contribution in [2.75, 3.05) is 34.0 Å². The van der Waals surface area contributed by atoms with Gasteiger partial charge in [-0.1, -0.05) is 18.9 Å². The monoisotopic (exact) mass is 631 g/mol. The molecule has 4 atom stereocenters. The Morgan fingerprint density at radius 3 is 1.93 bits per heavy atom. The number of methoxy groups -OCH3 is 2. The quantitative estimate of drug-likeness (QED) is 0.152. The van der Waals surface area contributed by atoms with Crippen LogP contribution in [0.15, 0.2) is 18.2 Å². The molecule has 0 heterocycles. The minimum atomic E-state index is -0.758. The van der Waals surface area contributed by atoms with Crippen molar-refractivity contribution in [2.45, 2.75) is 98.4 Å². The van der Waals surface area contributed by atoms with Crippen molar-refractivity contribution in [1.29, 1.82) is 0 Å². The molecule has 3 rings (SSSR count). The molecule has 0 saturated heterocycles. The first kappa shape index (κ1) is 37.9. The van der Waals surface area contributed by atoms with Gasteiger partial charge in [-0.15, -0.1) is 0 Å². The molecule has 0 spiro atoms. The third-order valence-corrected chi connectivity index (χ3v) is 9.32. The molecule has 1 aromatic carbocycles. The van der Waals surface area contributed by atoms with Crippen molar-refractivity contribution in [1.82, 2.24) is 5.32 Å². The molecule has 10 nitrogen and oxygen atoms in total. The van der Waals surface area contributed by atoms with Crippen LogP contribution in [0.25, 0.3) is 0 Å². The fraction of sp³-hybridized carbons (Fsp3) is 0.686. The molecular formula is C35H53NO9. The Labute approximate surface area is 268 Å². The number of carbonyl (C=O) groups is 5. The maximum absolute atomic E-state index is 12.7. The summed E-state index contributed by atoms with van der Waals surface area (Å²) in [7, 11) is 3.26. The van der Waals surface area contributed by atoms with Crippen LogP contribution in [0, 0.1) is 22.7 Å². The SMILES string of the molecule is CCOC(=O)[C@]1(CC=O)CCC[C@@H](C(C)=O)C1.CCOC(=O)[C@]1(CCNCc2ccc(OC)cc2OC)CCC[C@@H](C(C)=O)C1. The van der Waals surface area contributed by atoms with Crippen LogP contribution >= 0.6 is 0 Å². The second kappa shape index (κ2) is 18.6. The molecule has 10 heteroatoms. The molecule has 2 fully saturated rings. The number of carbonyl (C=O) groups excluding carboxylic acids is 5. The van der Waals surface area contributed by atoms with E-state index in [1.54, 1.807) is 35.0 Å². The number of benzene rings is 1. The molecule has 1 N–H and O–H groups in total. The average Bonchev–Trinajstić information content (AvgIpc) is 3.04. The molecule has 2 saturated carbocycles. The first-order valence-electron chi connectivity index (χ1n) is 16.2. The fourth-order valence-electron chi connectivity index (χ4n) is 6.66. The first-order valence-corrected chi connectivity index (χ1v) is 16.2. The minimum absolute atomic E-state index is 0.0418. The summed E-state index contributed by atoms with van der Waals surface area (Å²) in [5.41, 5.74) is -0.299. The maximum atomic E-state index is 12.7. The average molecular weight is 632 g/mol. The van der Waals surface area contributed by atoms with E-state index >= 15 is 0 Å². The van der Waals surface area contributed by atoms with Crippen LogP contribution in [-0.4, -0.2) is 63.8 Å². The standard InChI is InChI=1S/C22H33NO5.C13H20O4/c1-5-28-21(25)22(10-6-7-17(14-22)16(2)24)11-12-23-15-18-8-9-19(26-3)13-20(18)27-4;1-3-17-12(16)13(7-8-14)6-4-5-11(9-13)10(2)15/h8-9,13,17,23H,5-7,10-12,14-15H2,1-4H3;8,11H,3-7,9H2,1-2H3/t17-,22+;11-,13+/m11/s1. The summed E-state index contributed by atoms with van der Waals surface area (Å²) >= 11 is 0. The van der Waals surface area contributed by atoms with Gasteiger partial charge in [0.15, 0.2) is 0 Å². The van der Waals surface area contributed by atoms with E-state index in [0.717, 1.165) is 55.5 Å². The van der Waals surface area contributed by atoms with Crippen LogP contribution in [0.5, 0.6) is 11.5 Å². The van der Waals surface area contributed by atoms with Gasteiger partial charge in [-0.3, -0.25) is 19.2 Å². The minimum Gasteiger partial charge on any atom is -0.497 e. The van der Waals surface area contributed by atoms with Crippen molar-refractivity contribution in [3.63, 3.8) is 0 Å². The van der Waals surface area contributed by atoms with Crippen LogP contribution in [-0.2, 0) is 40.0 Å². The van der Waals surface area contributed by atoms with Crippen LogP contribution in [0.4, 0.5) is 0 Å². The first-order chi connectivity index (χ1) is 21.5. The Bertz CT molecular complexity index is 1150. The topological polar surface area (TPSA) is 134 Å². The van der Waals surface area contributed by atoms with E-state index in [0.29, 0.717) is 52.0 Å². The Hall–Kier alpha value is -3.27. The largest absolute Gasteiger partial charge is 0.497 e. The summed E-state index contributed by atoms with van der Waals surface area (Å²) in [6.45, 7) is 8.71. The Kier molecular flexibility index (Phi) is 15.7. The highest BCUT2D eigenvalue weighted by molar-refractivity contribution is 5.84. The van der Waals surface area contributed by atoms with E-state index < -0.39 is 10.8 Å². The summed E-state index contributed by atoms with van der Waals surface area (Å²) < 4.78 is 21.1. The zero-order chi connectivity index (χ0) is 33.5. The van der Waals surface area contributed by atoms with Crippen LogP contribution in [0.3, 0.4) is 0 Å². The highest BCUT2D eigenvalue weighted by atomic mass is 16.5. The molecule has 0 radical (unpaired) electrons. The molecule has 45 heavy (non-hydrogen) atoms. The molecule has 1 aromatic rings. The number of Topliss-reactive ketones (excluding diaryl/α,β-unsaturated/α-hetero) is 2. The third kappa shape index (κ3) is 10.7. The zero-order valence-corrected chi connectivity index (χ0v) is 28.0. The molecule has 0 unspecified atom stereocenters. The number of hydrogen-bond acceptors (Lipinski definition) is 10. The lowest BCUT2D eigenvalue weighted by Gasteiger charge is -2.38. The summed E-state index contributed by atoms with van der Waals surface area (Å²) in [4.78, 5) is 58.8. The second-order valence-corrected chi connectivity index (χ2v) is 12.3. The van der Waals surface area contributed by atoms with E-state index in [4.69, 9.17) is 18.9 Å². The smallest absolute Gasteiger partial charge is 0.312 e. The number of aldehydes is 1. The molecule has 0 aromatic heterocycles. The predicted octanol–water partition coefficient (Wildman–Crippen LogP) is 5.42. The highest BCUT2D eigenvalue weighted by Gasteiger charge is 2.45. The number of hydrogen-bond donors (Lipinski definition) is 1. The predicted molar refractivity (Wildman–Crippen MR) is 170 cm³/mol. The van der Waals surface area contributed by atoms with Crippen molar-refractivity contribution in [3.05, 3.63) is 23.8 Å². The Morgan fingerprint density at radius 2 is 1.42 bits per heavy atom. The van der Waals surface area contributed by atoms with E-state index in [-0.39, 0.29) is 41.8 Å². The Morgan fingerprint density at radius 1 is 0.867 bits per heavy atom. The lowest BCUT2D eigenvalue weighted by molar-refractivity contribution is -0.161. The fourth-order valence-corrected chi connectivity index (χ4v) is 6.66. The molecule has 0 aliphatic heterocycles. The van der Waals surface area contributed by atoms with Gasteiger partial charge in [-0.2, -0.15) is 0 Å². The van der Waals surface area contributed by atoms with Gasteiger partial charge in [0, 0.05) is 36.4 Å². The zero-order valence-electron chi connectivity index (χ0n) is 28.0. The number of ether oxygens (including phenoxy) is 4. The molecule has 0 bridgehead atoms. The molecule has 252 valence electrons. The maximum Gasteiger partial charge on any atom is 0.312 e. The number of ketones is 2. The molecule has 2 aliphatic rings. The normalized spacial score (nSPS) is 24.3. The van der Waals surface area contributed by atoms with Crippen molar-refractivity contribution in [3.8, 4) is 11.5 Å². The molecule has 0 amide bonds. The van der Waals surface area contributed by atoms with Gasteiger partial charge < -0.3 is 29.1 Å². The molecular weight excluding hydrogens is 578 g/mol. The van der Waals surface area contributed by atoms with Crippen molar-refractivity contribution < 1.29 is 42.9 Å². The van der Waals surface area contributed by atoms with Gasteiger partial charge in [0.1, 0.15) is 29.4 Å². The van der Waals surface area contributed by atoms with E-state index in [2.05, 4.69) is 5.32 Å². The number of rotatable bonds is 15. The van der Waals surface area contributed by atoms with Crippen LogP contribution < -0.4 is 14.8 Å². The summed E-state index contributed by atoms with van der Waals surface area (Å²) in [5.74, 6) is 1.16. The van der Waals surface area contributed by atoms with E-state index in [1.165, 1.54) is 0 Å². The summed E-state index contributed by atoms with van der Waals surface area (Å²) in [5, 5.41) is 3.41. The van der Waals surface area contributed by atoms with Crippen molar-refractivity contribution >= 4 is 29.8 Å². The van der Waals surface area contributed by atoms with Crippen molar-refractivity contribution in [2.24, 2.45) is 22.7 Å². The summed E-state index contributed by atoms with van der Waals surface area (Å²) in [6.07, 6.45) is 7.43. The lowest BCUT2D eigenvalue weighted by Crippen LogP contribution is -2.41. The number of nitrogens with one attached hydrogen (secondary N) is 1. The van der Waals surface area contributed by atoms with Crippen LogP contribution in [0.2, 0.25) is 0 Å². The van der Waals surface area contributed by atoms with Gasteiger partial charge in [-0.05, 0) is 85.3 Å². The van der Waals surface area contributed by atoms with Gasteiger partial charge >= 0.3 is 11.9 Å². The number of esters is 2. The highest BCUT2D eigenvalue weighted by Crippen LogP contribution is 2.44.